The average Bonchev–Trinajstić information content (AvgIpc) is 3.00. The predicted octanol–water partition coefficient (Wildman–Crippen LogP) is 2.13. The van der Waals surface area contributed by atoms with E-state index in [-0.39, 0.29) is 18.5 Å². The van der Waals surface area contributed by atoms with E-state index in [4.69, 9.17) is 4.74 Å². The molecule has 132 valence electrons. The number of carbonyl (C=O) groups excluding carboxylic acids is 2. The van der Waals surface area contributed by atoms with Crippen LogP contribution in [-0.4, -0.2) is 27.2 Å². The number of hydrogen-bond acceptors (Lipinski definition) is 4. The van der Waals surface area contributed by atoms with Crippen LogP contribution in [0.1, 0.15) is 36.8 Å². The van der Waals surface area contributed by atoms with Crippen LogP contribution >= 0.6 is 0 Å². The summed E-state index contributed by atoms with van der Waals surface area (Å²) >= 11 is 0. The van der Waals surface area contributed by atoms with E-state index in [1.807, 2.05) is 43.6 Å². The van der Waals surface area contributed by atoms with Crippen LogP contribution < -0.4 is 5.32 Å². The largest absolute Gasteiger partial charge is 0.459 e. The van der Waals surface area contributed by atoms with Crippen molar-refractivity contribution >= 4 is 11.9 Å². The summed E-state index contributed by atoms with van der Waals surface area (Å²) in [5.74, 6) is -0.461. The van der Waals surface area contributed by atoms with Crippen LogP contribution in [0.25, 0.3) is 0 Å². The normalized spacial score (nSPS) is 15.2. The van der Waals surface area contributed by atoms with Crippen molar-refractivity contribution in [1.29, 1.82) is 0 Å². The second kappa shape index (κ2) is 7.51. The summed E-state index contributed by atoms with van der Waals surface area (Å²) in [6.45, 7) is 0.229. The molecule has 25 heavy (non-hydrogen) atoms. The SMILES string of the molecule is Cn1cc(CCC(=O)NC2(C(=O)OCc3ccccc3)CCC2)cn1. The summed E-state index contributed by atoms with van der Waals surface area (Å²) < 4.78 is 7.15. The fraction of sp³-hybridized carbons (Fsp3) is 0.421. The molecule has 0 saturated heterocycles. The molecule has 6 heteroatoms. The van der Waals surface area contributed by atoms with Gasteiger partial charge >= 0.3 is 5.97 Å². The minimum absolute atomic E-state index is 0.125. The number of benzene rings is 1. The lowest BCUT2D eigenvalue weighted by Crippen LogP contribution is -2.59. The van der Waals surface area contributed by atoms with Gasteiger partial charge in [-0.2, -0.15) is 5.10 Å². The maximum absolute atomic E-state index is 12.5. The van der Waals surface area contributed by atoms with Crippen LogP contribution in [-0.2, 0) is 34.4 Å². The Morgan fingerprint density at radius 1 is 1.24 bits per heavy atom. The topological polar surface area (TPSA) is 73.2 Å². The lowest BCUT2D eigenvalue weighted by molar-refractivity contribution is -0.159. The van der Waals surface area contributed by atoms with Gasteiger partial charge in [0.05, 0.1) is 6.20 Å². The predicted molar refractivity (Wildman–Crippen MR) is 92.5 cm³/mol. The van der Waals surface area contributed by atoms with E-state index in [0.29, 0.717) is 25.7 Å². The highest BCUT2D eigenvalue weighted by Gasteiger charge is 2.46. The summed E-state index contributed by atoms with van der Waals surface area (Å²) in [5.41, 5.74) is 1.10. The van der Waals surface area contributed by atoms with Crippen molar-refractivity contribution in [1.82, 2.24) is 15.1 Å². The molecule has 0 atom stereocenters. The van der Waals surface area contributed by atoms with Crippen molar-refractivity contribution in [3.8, 4) is 0 Å². The molecule has 1 aliphatic rings. The molecule has 0 spiro atoms. The first-order valence-corrected chi connectivity index (χ1v) is 8.57. The first-order chi connectivity index (χ1) is 12.1. The smallest absolute Gasteiger partial charge is 0.332 e. The molecule has 1 heterocycles. The van der Waals surface area contributed by atoms with E-state index in [2.05, 4.69) is 10.4 Å². The summed E-state index contributed by atoms with van der Waals surface area (Å²) in [6, 6.07) is 9.55. The van der Waals surface area contributed by atoms with Crippen LogP contribution in [0.15, 0.2) is 42.7 Å². The molecule has 2 aromatic rings. The molecule has 0 aliphatic heterocycles. The third-order valence-corrected chi connectivity index (χ3v) is 4.59. The molecular weight excluding hydrogens is 318 g/mol. The number of carbonyl (C=O) groups is 2. The van der Waals surface area contributed by atoms with E-state index in [1.165, 1.54) is 0 Å². The Morgan fingerprint density at radius 3 is 2.60 bits per heavy atom. The number of esters is 1. The van der Waals surface area contributed by atoms with Gasteiger partial charge in [0, 0.05) is 19.7 Å². The number of nitrogens with zero attached hydrogens (tertiary/aromatic N) is 2. The third-order valence-electron chi connectivity index (χ3n) is 4.59. The van der Waals surface area contributed by atoms with Crippen molar-refractivity contribution in [2.45, 2.75) is 44.2 Å². The van der Waals surface area contributed by atoms with Crippen molar-refractivity contribution in [2.24, 2.45) is 7.05 Å². The van der Waals surface area contributed by atoms with Gasteiger partial charge in [-0.3, -0.25) is 9.48 Å². The Hall–Kier alpha value is -2.63. The maximum Gasteiger partial charge on any atom is 0.332 e. The molecular formula is C19H23N3O3. The Balaban J connectivity index is 1.51. The number of ether oxygens (including phenoxy) is 1. The molecule has 0 unspecified atom stereocenters. The first-order valence-electron chi connectivity index (χ1n) is 8.57. The van der Waals surface area contributed by atoms with Crippen LogP contribution in [0.2, 0.25) is 0 Å². The van der Waals surface area contributed by atoms with Gasteiger partial charge < -0.3 is 10.1 Å². The maximum atomic E-state index is 12.5. The summed E-state index contributed by atoms with van der Waals surface area (Å²) in [6.07, 6.45) is 6.77. The number of hydrogen-bond donors (Lipinski definition) is 1. The van der Waals surface area contributed by atoms with Gasteiger partial charge in [-0.25, -0.2) is 4.79 Å². The van der Waals surface area contributed by atoms with Crippen molar-refractivity contribution in [3.05, 3.63) is 53.9 Å². The monoisotopic (exact) mass is 341 g/mol. The van der Waals surface area contributed by atoms with Crippen molar-refractivity contribution in [3.63, 3.8) is 0 Å². The molecule has 0 radical (unpaired) electrons. The van der Waals surface area contributed by atoms with Gasteiger partial charge in [0.15, 0.2) is 0 Å². The molecule has 1 aromatic carbocycles. The van der Waals surface area contributed by atoms with Crippen molar-refractivity contribution in [2.75, 3.05) is 0 Å². The average molecular weight is 341 g/mol. The number of aryl methyl sites for hydroxylation is 2. The van der Waals surface area contributed by atoms with E-state index in [9.17, 15) is 9.59 Å². The highest BCUT2D eigenvalue weighted by atomic mass is 16.5. The van der Waals surface area contributed by atoms with Crippen LogP contribution in [0.4, 0.5) is 0 Å². The minimum Gasteiger partial charge on any atom is -0.459 e. The molecule has 6 nitrogen and oxygen atoms in total. The van der Waals surface area contributed by atoms with Crippen LogP contribution in [0.5, 0.6) is 0 Å². The molecule has 0 bridgehead atoms. The van der Waals surface area contributed by atoms with E-state index in [0.717, 1.165) is 17.5 Å². The number of nitrogens with one attached hydrogen (secondary N) is 1. The molecule has 1 aromatic heterocycles. The molecule has 1 fully saturated rings. The summed E-state index contributed by atoms with van der Waals surface area (Å²) in [5, 5.41) is 6.99. The zero-order valence-electron chi connectivity index (χ0n) is 14.4. The molecule has 1 aliphatic carbocycles. The Labute approximate surface area is 147 Å². The Bertz CT molecular complexity index is 735. The number of amides is 1. The quantitative estimate of drug-likeness (QED) is 0.783. The van der Waals surface area contributed by atoms with Gasteiger partial charge in [0.2, 0.25) is 5.91 Å². The van der Waals surface area contributed by atoms with Gasteiger partial charge in [0.1, 0.15) is 12.1 Å². The van der Waals surface area contributed by atoms with Crippen LogP contribution in [0.3, 0.4) is 0 Å². The number of rotatable bonds is 7. The Morgan fingerprint density at radius 2 is 2.00 bits per heavy atom. The standard InChI is InChI=1S/C19H23N3O3/c1-22-13-16(12-20-22)8-9-17(23)21-19(10-5-11-19)18(24)25-14-15-6-3-2-4-7-15/h2-4,6-7,12-13H,5,8-11,14H2,1H3,(H,21,23). The van der Waals surface area contributed by atoms with E-state index < -0.39 is 5.54 Å². The fourth-order valence-electron chi connectivity index (χ4n) is 2.96. The van der Waals surface area contributed by atoms with E-state index in [1.54, 1.807) is 10.9 Å². The van der Waals surface area contributed by atoms with Gasteiger partial charge in [-0.15, -0.1) is 0 Å². The second-order valence-electron chi connectivity index (χ2n) is 6.57. The van der Waals surface area contributed by atoms with E-state index >= 15 is 0 Å². The molecule has 1 saturated carbocycles. The van der Waals surface area contributed by atoms with Gasteiger partial charge in [-0.1, -0.05) is 30.3 Å². The Kier molecular flexibility index (Phi) is 5.16. The lowest BCUT2D eigenvalue weighted by atomic mass is 9.76. The van der Waals surface area contributed by atoms with Gasteiger partial charge in [0.25, 0.3) is 0 Å². The molecule has 3 rings (SSSR count). The summed E-state index contributed by atoms with van der Waals surface area (Å²) in [7, 11) is 1.84. The molecule has 1 N–H and O–H groups in total. The zero-order valence-corrected chi connectivity index (χ0v) is 14.4. The van der Waals surface area contributed by atoms with Gasteiger partial charge in [-0.05, 0) is 36.8 Å². The molecule has 1 amide bonds. The highest BCUT2D eigenvalue weighted by molar-refractivity contribution is 5.89. The summed E-state index contributed by atoms with van der Waals surface area (Å²) in [4.78, 5) is 24.7. The minimum atomic E-state index is -0.846. The fourth-order valence-corrected chi connectivity index (χ4v) is 2.96. The first kappa shape index (κ1) is 17.2. The number of aromatic nitrogens is 2. The zero-order chi connectivity index (χ0) is 17.7. The highest BCUT2D eigenvalue weighted by Crippen LogP contribution is 2.33. The van der Waals surface area contributed by atoms with Crippen molar-refractivity contribution < 1.29 is 14.3 Å². The third kappa shape index (κ3) is 4.26. The second-order valence-corrected chi connectivity index (χ2v) is 6.57. The lowest BCUT2D eigenvalue weighted by Gasteiger charge is -2.39. The van der Waals surface area contributed by atoms with Crippen LogP contribution in [0, 0.1) is 0 Å².